The number of carbonyl (C=O) groups is 3. The number of carbonyl (C=O) groups excluding carboxylic acids is 3. The van der Waals surface area contributed by atoms with Crippen molar-refractivity contribution in [1.29, 1.82) is 0 Å². The van der Waals surface area contributed by atoms with Crippen molar-refractivity contribution in [2.24, 2.45) is 0 Å². The van der Waals surface area contributed by atoms with E-state index in [1.54, 1.807) is 25.1 Å². The van der Waals surface area contributed by atoms with E-state index in [1.807, 2.05) is 6.92 Å². The minimum absolute atomic E-state index is 0.0149. The van der Waals surface area contributed by atoms with Gasteiger partial charge in [0.05, 0.1) is 19.3 Å². The summed E-state index contributed by atoms with van der Waals surface area (Å²) in [4.78, 5) is 37.0. The molecule has 0 aromatic heterocycles. The van der Waals surface area contributed by atoms with E-state index < -0.39 is 17.9 Å². The van der Waals surface area contributed by atoms with Gasteiger partial charge in [-0.3, -0.25) is 9.59 Å². The number of benzene rings is 1. The van der Waals surface area contributed by atoms with Gasteiger partial charge in [0, 0.05) is 36.2 Å². The summed E-state index contributed by atoms with van der Waals surface area (Å²) in [5.41, 5.74) is 3.21. The van der Waals surface area contributed by atoms with E-state index in [9.17, 15) is 14.4 Å². The maximum atomic E-state index is 12.8. The van der Waals surface area contributed by atoms with E-state index in [0.29, 0.717) is 34.6 Å². The van der Waals surface area contributed by atoms with Gasteiger partial charge in [0.25, 0.3) is 0 Å². The average molecular weight is 399 g/mol. The fourth-order valence-electron chi connectivity index (χ4n) is 3.90. The number of ether oxygens (including phenoxy) is 3. The lowest BCUT2D eigenvalue weighted by atomic mass is 9.75. The molecule has 2 aliphatic rings. The van der Waals surface area contributed by atoms with Crippen LogP contribution in [0.3, 0.4) is 0 Å². The van der Waals surface area contributed by atoms with Crippen molar-refractivity contribution in [2.45, 2.75) is 46.0 Å². The molecule has 1 N–H and O–H groups in total. The van der Waals surface area contributed by atoms with Gasteiger partial charge in [-0.15, -0.1) is 0 Å². The Morgan fingerprint density at radius 3 is 2.62 bits per heavy atom. The number of nitrogens with one attached hydrogen (secondary N) is 1. The summed E-state index contributed by atoms with van der Waals surface area (Å²) >= 11 is 0. The molecule has 0 fully saturated rings. The quantitative estimate of drug-likeness (QED) is 0.601. The SMILES string of the molecule is CCOC(=O)C1=C(C)NC2=C(C(=O)CCC2)[C@@H]1c1ccc(OC(C)=O)c(OC)c1. The van der Waals surface area contributed by atoms with E-state index in [4.69, 9.17) is 14.2 Å². The first-order valence-corrected chi connectivity index (χ1v) is 9.64. The Morgan fingerprint density at radius 2 is 1.97 bits per heavy atom. The Balaban J connectivity index is 2.16. The molecular formula is C22H25NO6. The van der Waals surface area contributed by atoms with Gasteiger partial charge in [0.1, 0.15) is 0 Å². The maximum Gasteiger partial charge on any atom is 0.336 e. The first-order chi connectivity index (χ1) is 13.9. The molecule has 1 aliphatic carbocycles. The summed E-state index contributed by atoms with van der Waals surface area (Å²) in [5, 5.41) is 3.24. The molecule has 0 saturated carbocycles. The Bertz CT molecular complexity index is 927. The van der Waals surface area contributed by atoms with Crippen LogP contribution in [0.1, 0.15) is 51.5 Å². The molecule has 3 rings (SSSR count). The molecule has 0 amide bonds. The number of hydrogen-bond acceptors (Lipinski definition) is 7. The lowest BCUT2D eigenvalue weighted by Crippen LogP contribution is -2.34. The summed E-state index contributed by atoms with van der Waals surface area (Å²) in [6, 6.07) is 5.06. The Labute approximate surface area is 169 Å². The molecule has 0 radical (unpaired) electrons. The summed E-state index contributed by atoms with van der Waals surface area (Å²) in [6.07, 6.45) is 1.95. The van der Waals surface area contributed by atoms with Crippen LogP contribution in [0.25, 0.3) is 0 Å². The van der Waals surface area contributed by atoms with Crippen LogP contribution in [0.4, 0.5) is 0 Å². The van der Waals surface area contributed by atoms with Gasteiger partial charge in [-0.25, -0.2) is 4.79 Å². The fraction of sp³-hybridized carbons (Fsp3) is 0.409. The molecule has 0 saturated heterocycles. The van der Waals surface area contributed by atoms with Gasteiger partial charge in [-0.2, -0.15) is 0 Å². The monoisotopic (exact) mass is 399 g/mol. The van der Waals surface area contributed by atoms with E-state index in [-0.39, 0.29) is 18.1 Å². The summed E-state index contributed by atoms with van der Waals surface area (Å²) in [6.45, 7) is 5.10. The van der Waals surface area contributed by atoms with Crippen LogP contribution in [0.15, 0.2) is 40.7 Å². The number of esters is 2. The first-order valence-electron chi connectivity index (χ1n) is 9.64. The molecule has 0 unspecified atom stereocenters. The average Bonchev–Trinajstić information content (AvgIpc) is 2.67. The zero-order chi connectivity index (χ0) is 21.1. The number of rotatable bonds is 5. The molecule has 1 heterocycles. The first kappa shape index (κ1) is 20.6. The van der Waals surface area contributed by atoms with Gasteiger partial charge in [-0.1, -0.05) is 6.07 Å². The molecule has 1 aliphatic heterocycles. The zero-order valence-corrected chi connectivity index (χ0v) is 17.1. The van der Waals surface area contributed by atoms with E-state index in [2.05, 4.69) is 5.32 Å². The zero-order valence-electron chi connectivity index (χ0n) is 17.1. The van der Waals surface area contributed by atoms with E-state index in [1.165, 1.54) is 14.0 Å². The Kier molecular flexibility index (Phi) is 6.06. The second-order valence-corrected chi connectivity index (χ2v) is 6.99. The Morgan fingerprint density at radius 1 is 1.21 bits per heavy atom. The normalized spacial score (nSPS) is 18.8. The maximum absolute atomic E-state index is 12.8. The van der Waals surface area contributed by atoms with Crippen LogP contribution in [0.2, 0.25) is 0 Å². The molecule has 1 atom stereocenters. The van der Waals surface area contributed by atoms with Gasteiger partial charge in [0.15, 0.2) is 17.3 Å². The van der Waals surface area contributed by atoms with Crippen LogP contribution < -0.4 is 14.8 Å². The fourth-order valence-corrected chi connectivity index (χ4v) is 3.90. The van der Waals surface area contributed by atoms with Crippen molar-refractivity contribution in [3.05, 3.63) is 46.3 Å². The Hall–Kier alpha value is -3.09. The molecule has 154 valence electrons. The van der Waals surface area contributed by atoms with Crippen molar-refractivity contribution < 1.29 is 28.6 Å². The third kappa shape index (κ3) is 4.04. The van der Waals surface area contributed by atoms with Crippen LogP contribution in [-0.2, 0) is 19.1 Å². The molecular weight excluding hydrogens is 374 g/mol. The van der Waals surface area contributed by atoms with Crippen molar-refractivity contribution in [3.63, 3.8) is 0 Å². The molecule has 1 aromatic carbocycles. The number of Topliss-reactive ketones (excluding diaryl/α,β-unsaturated/α-hetero) is 1. The number of allylic oxidation sites excluding steroid dienone is 3. The minimum atomic E-state index is -0.571. The summed E-state index contributed by atoms with van der Waals surface area (Å²) in [7, 11) is 1.47. The van der Waals surface area contributed by atoms with E-state index >= 15 is 0 Å². The minimum Gasteiger partial charge on any atom is -0.493 e. The highest BCUT2D eigenvalue weighted by atomic mass is 16.6. The molecule has 0 spiro atoms. The van der Waals surface area contributed by atoms with Crippen molar-refractivity contribution in [1.82, 2.24) is 5.32 Å². The van der Waals surface area contributed by atoms with E-state index in [0.717, 1.165) is 18.5 Å². The van der Waals surface area contributed by atoms with Gasteiger partial charge in [0.2, 0.25) is 0 Å². The highest BCUT2D eigenvalue weighted by Gasteiger charge is 2.39. The van der Waals surface area contributed by atoms with Crippen LogP contribution in [0, 0.1) is 0 Å². The predicted molar refractivity (Wildman–Crippen MR) is 105 cm³/mol. The lowest BCUT2D eigenvalue weighted by Gasteiger charge is -2.34. The number of dihydropyridines is 1. The molecule has 7 nitrogen and oxygen atoms in total. The van der Waals surface area contributed by atoms with Gasteiger partial charge in [-0.05, 0) is 44.4 Å². The smallest absolute Gasteiger partial charge is 0.336 e. The largest absolute Gasteiger partial charge is 0.493 e. The van der Waals surface area contributed by atoms with Crippen molar-refractivity contribution >= 4 is 17.7 Å². The highest BCUT2D eigenvalue weighted by molar-refractivity contribution is 6.03. The molecule has 1 aromatic rings. The summed E-state index contributed by atoms with van der Waals surface area (Å²) < 4.78 is 15.8. The molecule has 7 heteroatoms. The number of methoxy groups -OCH3 is 1. The third-order valence-electron chi connectivity index (χ3n) is 5.05. The summed E-state index contributed by atoms with van der Waals surface area (Å²) in [5.74, 6) is -0.856. The lowest BCUT2D eigenvalue weighted by molar-refractivity contribution is -0.139. The topological polar surface area (TPSA) is 90.9 Å². The molecule has 0 bridgehead atoms. The van der Waals surface area contributed by atoms with Gasteiger partial charge >= 0.3 is 11.9 Å². The van der Waals surface area contributed by atoms with Crippen molar-refractivity contribution in [2.75, 3.05) is 13.7 Å². The highest BCUT2D eigenvalue weighted by Crippen LogP contribution is 2.44. The van der Waals surface area contributed by atoms with Crippen LogP contribution in [0.5, 0.6) is 11.5 Å². The number of hydrogen-bond donors (Lipinski definition) is 1. The molecule has 29 heavy (non-hydrogen) atoms. The second kappa shape index (κ2) is 8.51. The van der Waals surface area contributed by atoms with Crippen molar-refractivity contribution in [3.8, 4) is 11.5 Å². The van der Waals surface area contributed by atoms with Crippen LogP contribution >= 0.6 is 0 Å². The number of ketones is 1. The van der Waals surface area contributed by atoms with Crippen LogP contribution in [-0.4, -0.2) is 31.4 Å². The second-order valence-electron chi connectivity index (χ2n) is 6.99. The standard InChI is InChI=1S/C22H25NO6/c1-5-28-22(26)19-12(2)23-15-7-6-8-16(25)21(15)20(19)14-9-10-17(29-13(3)24)18(11-14)27-4/h9-11,20,23H,5-8H2,1-4H3/t20-/m1/s1. The van der Waals surface area contributed by atoms with Gasteiger partial charge < -0.3 is 19.5 Å². The third-order valence-corrected chi connectivity index (χ3v) is 5.05. The predicted octanol–water partition coefficient (Wildman–Crippen LogP) is 3.15.